The van der Waals surface area contributed by atoms with E-state index in [-0.39, 0.29) is 25.5 Å². The molecule has 2 aromatic carbocycles. The van der Waals surface area contributed by atoms with Gasteiger partial charge in [0.25, 0.3) is 0 Å². The van der Waals surface area contributed by atoms with Gasteiger partial charge in [-0.2, -0.15) is 0 Å². The molecule has 1 amide bonds. The summed E-state index contributed by atoms with van der Waals surface area (Å²) in [6, 6.07) is 19.6. The number of amides is 1. The molecule has 0 spiro atoms. The molecule has 1 atom stereocenters. The molecule has 2 N–H and O–H groups in total. The van der Waals surface area contributed by atoms with Crippen LogP contribution in [0.25, 0.3) is 11.1 Å². The van der Waals surface area contributed by atoms with E-state index in [0.717, 1.165) is 22.3 Å². The van der Waals surface area contributed by atoms with Crippen molar-refractivity contribution in [3.8, 4) is 11.1 Å². The van der Waals surface area contributed by atoms with Crippen LogP contribution in [0.5, 0.6) is 0 Å². The monoisotopic (exact) mass is 391 g/mol. The van der Waals surface area contributed by atoms with Crippen molar-refractivity contribution in [2.24, 2.45) is 5.92 Å². The molecule has 6 heteroatoms. The molecule has 1 aliphatic carbocycles. The Kier molecular flexibility index (Phi) is 5.33. The van der Waals surface area contributed by atoms with E-state index in [4.69, 9.17) is 9.15 Å². The predicted molar refractivity (Wildman–Crippen MR) is 107 cm³/mol. The first-order valence-electron chi connectivity index (χ1n) is 9.47. The van der Waals surface area contributed by atoms with E-state index in [9.17, 15) is 14.7 Å². The maximum atomic E-state index is 12.2. The fourth-order valence-corrected chi connectivity index (χ4v) is 3.77. The van der Waals surface area contributed by atoms with Gasteiger partial charge in [-0.15, -0.1) is 0 Å². The Hall–Kier alpha value is -3.54. The van der Waals surface area contributed by atoms with Gasteiger partial charge >= 0.3 is 12.1 Å². The zero-order valence-electron chi connectivity index (χ0n) is 15.7. The molecule has 0 fully saturated rings. The van der Waals surface area contributed by atoms with E-state index in [1.165, 1.54) is 6.26 Å². The van der Waals surface area contributed by atoms with Crippen molar-refractivity contribution in [2.45, 2.75) is 12.3 Å². The minimum atomic E-state index is -1.000. The number of furan rings is 1. The molecule has 0 bridgehead atoms. The molecule has 0 aliphatic heterocycles. The SMILES string of the molecule is O=C(NCC(Cc1ccco1)C(=O)O)OCC1c2ccccc2-c2ccccc21. The largest absolute Gasteiger partial charge is 0.481 e. The van der Waals surface area contributed by atoms with Crippen molar-refractivity contribution < 1.29 is 23.8 Å². The fourth-order valence-electron chi connectivity index (χ4n) is 3.77. The number of aliphatic carboxylic acids is 1. The van der Waals surface area contributed by atoms with Gasteiger partial charge in [0.05, 0.1) is 12.2 Å². The van der Waals surface area contributed by atoms with Gasteiger partial charge in [-0.1, -0.05) is 48.5 Å². The van der Waals surface area contributed by atoms with Gasteiger partial charge in [0.2, 0.25) is 0 Å². The number of hydrogen-bond donors (Lipinski definition) is 2. The van der Waals surface area contributed by atoms with Crippen LogP contribution in [0.15, 0.2) is 71.3 Å². The second-order valence-corrected chi connectivity index (χ2v) is 7.03. The van der Waals surface area contributed by atoms with Crippen LogP contribution in [0.2, 0.25) is 0 Å². The number of alkyl carbamates (subject to hydrolysis) is 1. The first kappa shape index (κ1) is 18.8. The molecule has 1 aliphatic rings. The maximum absolute atomic E-state index is 12.2. The molecule has 1 aromatic heterocycles. The zero-order valence-corrected chi connectivity index (χ0v) is 15.7. The van der Waals surface area contributed by atoms with Crippen LogP contribution in [0.1, 0.15) is 22.8 Å². The smallest absolute Gasteiger partial charge is 0.407 e. The van der Waals surface area contributed by atoms with Crippen LogP contribution in [0.3, 0.4) is 0 Å². The van der Waals surface area contributed by atoms with E-state index >= 15 is 0 Å². The highest BCUT2D eigenvalue weighted by atomic mass is 16.5. The third-order valence-electron chi connectivity index (χ3n) is 5.21. The molecule has 29 heavy (non-hydrogen) atoms. The number of rotatable bonds is 7. The lowest BCUT2D eigenvalue weighted by Crippen LogP contribution is -2.35. The number of fused-ring (bicyclic) bond motifs is 3. The Morgan fingerprint density at radius 2 is 1.66 bits per heavy atom. The molecule has 1 heterocycles. The van der Waals surface area contributed by atoms with Crippen molar-refractivity contribution in [3.63, 3.8) is 0 Å². The third-order valence-corrected chi connectivity index (χ3v) is 5.21. The maximum Gasteiger partial charge on any atom is 0.407 e. The van der Waals surface area contributed by atoms with Crippen molar-refractivity contribution in [1.82, 2.24) is 5.32 Å². The minimum Gasteiger partial charge on any atom is -0.481 e. The Morgan fingerprint density at radius 1 is 1.00 bits per heavy atom. The second-order valence-electron chi connectivity index (χ2n) is 7.03. The molecule has 0 saturated heterocycles. The molecule has 0 saturated carbocycles. The van der Waals surface area contributed by atoms with Crippen LogP contribution in [-0.4, -0.2) is 30.3 Å². The first-order chi connectivity index (χ1) is 14.1. The minimum absolute atomic E-state index is 0.0350. The van der Waals surface area contributed by atoms with Gasteiger partial charge in [-0.25, -0.2) is 4.79 Å². The van der Waals surface area contributed by atoms with Gasteiger partial charge in [0.1, 0.15) is 12.4 Å². The molecule has 148 valence electrons. The fraction of sp³-hybridized carbons (Fsp3) is 0.217. The average Bonchev–Trinajstić information content (AvgIpc) is 3.35. The van der Waals surface area contributed by atoms with E-state index < -0.39 is 18.0 Å². The number of carboxylic acids is 1. The standard InChI is InChI=1S/C23H21NO5/c25-22(26)15(12-16-6-5-11-28-16)13-24-23(27)29-14-21-19-9-3-1-7-17(19)18-8-2-4-10-20(18)21/h1-11,15,21H,12-14H2,(H,24,27)(H,25,26). The third kappa shape index (κ3) is 4.01. The lowest BCUT2D eigenvalue weighted by atomic mass is 9.98. The van der Waals surface area contributed by atoms with Gasteiger partial charge < -0.3 is 19.6 Å². The summed E-state index contributed by atoms with van der Waals surface area (Å²) in [5.41, 5.74) is 4.56. The topological polar surface area (TPSA) is 88.8 Å². The van der Waals surface area contributed by atoms with Gasteiger partial charge in [0, 0.05) is 18.9 Å². The summed E-state index contributed by atoms with van der Waals surface area (Å²) in [6.45, 7) is 0.155. The molecule has 1 unspecified atom stereocenters. The summed E-state index contributed by atoms with van der Waals surface area (Å²) < 4.78 is 10.6. The van der Waals surface area contributed by atoms with Crippen LogP contribution < -0.4 is 5.32 Å². The van der Waals surface area contributed by atoms with Gasteiger partial charge in [-0.3, -0.25) is 4.79 Å². The number of nitrogens with one attached hydrogen (secondary N) is 1. The van der Waals surface area contributed by atoms with Crippen molar-refractivity contribution in [3.05, 3.63) is 83.8 Å². The Labute approximate surface area is 168 Å². The predicted octanol–water partition coefficient (Wildman–Crippen LogP) is 4.06. The Morgan fingerprint density at radius 3 is 2.24 bits per heavy atom. The molecular formula is C23H21NO5. The zero-order chi connectivity index (χ0) is 20.2. The lowest BCUT2D eigenvalue weighted by Gasteiger charge is -2.16. The molecular weight excluding hydrogens is 370 g/mol. The van der Waals surface area contributed by atoms with Crippen LogP contribution in [0.4, 0.5) is 4.79 Å². The molecule has 6 nitrogen and oxygen atoms in total. The highest BCUT2D eigenvalue weighted by Gasteiger charge is 2.29. The Bertz CT molecular complexity index is 966. The van der Waals surface area contributed by atoms with E-state index in [2.05, 4.69) is 17.4 Å². The number of ether oxygens (including phenoxy) is 1. The van der Waals surface area contributed by atoms with Crippen molar-refractivity contribution >= 4 is 12.1 Å². The number of hydrogen-bond acceptors (Lipinski definition) is 4. The highest BCUT2D eigenvalue weighted by molar-refractivity contribution is 5.79. The molecule has 3 aromatic rings. The normalized spacial score (nSPS) is 13.4. The number of carbonyl (C=O) groups is 2. The highest BCUT2D eigenvalue weighted by Crippen LogP contribution is 2.44. The lowest BCUT2D eigenvalue weighted by molar-refractivity contribution is -0.141. The van der Waals surface area contributed by atoms with Crippen LogP contribution in [0, 0.1) is 5.92 Å². The first-order valence-corrected chi connectivity index (χ1v) is 9.47. The summed E-state index contributed by atoms with van der Waals surface area (Å²) in [5, 5.41) is 11.9. The summed E-state index contributed by atoms with van der Waals surface area (Å²) >= 11 is 0. The molecule has 4 rings (SSSR count). The summed E-state index contributed by atoms with van der Waals surface area (Å²) in [4.78, 5) is 23.6. The Balaban J connectivity index is 1.37. The van der Waals surface area contributed by atoms with Gasteiger partial charge in [-0.05, 0) is 34.4 Å². The number of carbonyl (C=O) groups excluding carboxylic acids is 1. The van der Waals surface area contributed by atoms with E-state index in [1.54, 1.807) is 12.1 Å². The summed E-state index contributed by atoms with van der Waals surface area (Å²) in [6.07, 6.45) is 1.07. The number of benzene rings is 2. The van der Waals surface area contributed by atoms with Crippen LogP contribution >= 0.6 is 0 Å². The van der Waals surface area contributed by atoms with Crippen LogP contribution in [-0.2, 0) is 16.0 Å². The quantitative estimate of drug-likeness (QED) is 0.634. The van der Waals surface area contributed by atoms with Crippen molar-refractivity contribution in [1.29, 1.82) is 0 Å². The average molecular weight is 391 g/mol. The van der Waals surface area contributed by atoms with E-state index in [1.807, 2.05) is 36.4 Å². The van der Waals surface area contributed by atoms with Gasteiger partial charge in [0.15, 0.2) is 0 Å². The van der Waals surface area contributed by atoms with E-state index in [0.29, 0.717) is 5.76 Å². The molecule has 0 radical (unpaired) electrons. The summed E-state index contributed by atoms with van der Waals surface area (Å²) in [7, 11) is 0. The number of carboxylic acid groups (broad SMARTS) is 1. The second kappa shape index (κ2) is 8.22. The summed E-state index contributed by atoms with van der Waals surface area (Å²) in [5.74, 6) is -1.26. The van der Waals surface area contributed by atoms with Crippen molar-refractivity contribution in [2.75, 3.05) is 13.2 Å².